The number of nitrogens with one attached hydrogen (secondary N) is 1. The Morgan fingerprint density at radius 3 is 2.62 bits per heavy atom. The molecule has 0 aliphatic heterocycles. The van der Waals surface area contributed by atoms with Crippen LogP contribution in [0.2, 0.25) is 0 Å². The van der Waals surface area contributed by atoms with Gasteiger partial charge in [-0.15, -0.1) is 0 Å². The molecule has 2 rings (SSSR count). The van der Waals surface area contributed by atoms with Gasteiger partial charge in [-0.3, -0.25) is 4.79 Å². The zero-order valence-corrected chi connectivity index (χ0v) is 11.8. The third-order valence-electron chi connectivity index (χ3n) is 3.25. The number of pyridine rings is 1. The molecule has 0 aliphatic rings. The number of carbonyl (C=O) groups excluding carboxylic acids is 1. The van der Waals surface area contributed by atoms with Crippen molar-refractivity contribution in [3.05, 3.63) is 58.4 Å². The summed E-state index contributed by atoms with van der Waals surface area (Å²) in [7, 11) is 0. The number of benzene rings is 1. The summed E-state index contributed by atoms with van der Waals surface area (Å²) >= 11 is 0. The lowest BCUT2D eigenvalue weighted by molar-refractivity contribution is 0.0943. The molecule has 1 heterocycles. The highest BCUT2D eigenvalue weighted by atomic mass is 16.3. The van der Waals surface area contributed by atoms with Gasteiger partial charge in [0.15, 0.2) is 5.69 Å². The van der Waals surface area contributed by atoms with Gasteiger partial charge in [-0.05, 0) is 54.8 Å². The number of rotatable bonds is 3. The molecule has 0 radical (unpaired) electrons. The Morgan fingerprint density at radius 1 is 1.38 bits per heavy atom. The Morgan fingerprint density at radius 2 is 2.05 bits per heavy atom. The molecule has 1 aromatic carbocycles. The van der Waals surface area contributed by atoms with Crippen LogP contribution in [0.3, 0.4) is 0 Å². The Bertz CT molecular complexity index is 710. The highest BCUT2D eigenvalue weighted by molar-refractivity contribution is 5.94. The van der Waals surface area contributed by atoms with Crippen LogP contribution in [0.25, 0.3) is 0 Å². The molecule has 106 valence electrons. The van der Waals surface area contributed by atoms with Gasteiger partial charge in [-0.25, -0.2) is 4.98 Å². The lowest BCUT2D eigenvalue weighted by Gasteiger charge is -2.12. The van der Waals surface area contributed by atoms with Gasteiger partial charge >= 0.3 is 0 Å². The van der Waals surface area contributed by atoms with Crippen molar-refractivity contribution in [1.29, 1.82) is 5.26 Å². The van der Waals surface area contributed by atoms with Crippen LogP contribution in [-0.4, -0.2) is 16.0 Å². The van der Waals surface area contributed by atoms with Gasteiger partial charge in [0.2, 0.25) is 0 Å². The van der Waals surface area contributed by atoms with Crippen LogP contribution in [0.15, 0.2) is 30.5 Å². The number of hydrogen-bond acceptors (Lipinski definition) is 4. The first-order valence-corrected chi connectivity index (χ1v) is 6.45. The first kappa shape index (κ1) is 14.5. The highest BCUT2D eigenvalue weighted by Crippen LogP contribution is 2.17. The van der Waals surface area contributed by atoms with Gasteiger partial charge in [0.05, 0.1) is 11.6 Å². The van der Waals surface area contributed by atoms with Crippen molar-refractivity contribution in [2.24, 2.45) is 0 Å². The zero-order valence-electron chi connectivity index (χ0n) is 11.8. The van der Waals surface area contributed by atoms with Gasteiger partial charge < -0.3 is 10.4 Å². The fourth-order valence-electron chi connectivity index (χ4n) is 2.16. The average Bonchev–Trinajstić information content (AvgIpc) is 2.46. The first-order chi connectivity index (χ1) is 10.0. The van der Waals surface area contributed by atoms with Gasteiger partial charge in [0.1, 0.15) is 5.75 Å². The number of carbonyl (C=O) groups is 1. The molecule has 2 aromatic rings. The summed E-state index contributed by atoms with van der Waals surface area (Å²) in [6, 6.07) is 8.65. The van der Waals surface area contributed by atoms with Crippen LogP contribution in [0, 0.1) is 25.2 Å². The third kappa shape index (κ3) is 3.18. The quantitative estimate of drug-likeness (QED) is 0.903. The minimum absolute atomic E-state index is 0.00134. The topological polar surface area (TPSA) is 86.0 Å². The average molecular weight is 281 g/mol. The van der Waals surface area contributed by atoms with Crippen molar-refractivity contribution in [1.82, 2.24) is 10.3 Å². The zero-order chi connectivity index (χ0) is 15.4. The van der Waals surface area contributed by atoms with Crippen LogP contribution in [0.1, 0.15) is 32.7 Å². The molecule has 1 aromatic heterocycles. The van der Waals surface area contributed by atoms with E-state index in [0.717, 1.165) is 16.7 Å². The van der Waals surface area contributed by atoms with E-state index in [1.807, 2.05) is 13.8 Å². The van der Waals surface area contributed by atoms with Crippen LogP contribution >= 0.6 is 0 Å². The largest absolute Gasteiger partial charge is 0.505 e. The van der Waals surface area contributed by atoms with E-state index in [4.69, 9.17) is 5.26 Å². The summed E-state index contributed by atoms with van der Waals surface area (Å²) in [6.45, 7) is 4.11. The summed E-state index contributed by atoms with van der Waals surface area (Å²) in [5.41, 5.74) is 3.44. The fraction of sp³-hybridized carbons (Fsp3) is 0.188. The maximum atomic E-state index is 12.0. The Balaban J connectivity index is 2.16. The predicted octanol–water partition coefficient (Wildman–Crippen LogP) is 2.21. The maximum absolute atomic E-state index is 12.0. The number of amides is 1. The highest BCUT2D eigenvalue weighted by Gasteiger charge is 2.13. The molecule has 0 spiro atoms. The number of aromatic hydroxyl groups is 1. The number of aryl methyl sites for hydroxylation is 2. The van der Waals surface area contributed by atoms with E-state index in [0.29, 0.717) is 12.1 Å². The van der Waals surface area contributed by atoms with Crippen LogP contribution in [-0.2, 0) is 6.54 Å². The molecule has 0 unspecified atom stereocenters. The standard InChI is InChI=1S/C16H15N3O2/c1-10-6-12(8-17)7-11(2)13(10)9-19-16(21)15-14(20)4-3-5-18-15/h3-7,20H,9H2,1-2H3,(H,19,21). The van der Waals surface area contributed by atoms with Crippen molar-refractivity contribution < 1.29 is 9.90 Å². The second kappa shape index (κ2) is 6.06. The molecule has 0 atom stereocenters. The second-order valence-electron chi connectivity index (χ2n) is 4.75. The minimum atomic E-state index is -0.434. The second-order valence-corrected chi connectivity index (χ2v) is 4.75. The van der Waals surface area contributed by atoms with E-state index in [1.54, 1.807) is 18.2 Å². The summed E-state index contributed by atoms with van der Waals surface area (Å²) in [4.78, 5) is 15.9. The van der Waals surface area contributed by atoms with E-state index in [-0.39, 0.29) is 11.4 Å². The van der Waals surface area contributed by atoms with Gasteiger partial charge in [-0.1, -0.05) is 0 Å². The van der Waals surface area contributed by atoms with E-state index >= 15 is 0 Å². The van der Waals surface area contributed by atoms with Crippen LogP contribution in [0.4, 0.5) is 0 Å². The molecule has 0 saturated carbocycles. The van der Waals surface area contributed by atoms with Crippen LogP contribution < -0.4 is 5.32 Å². The third-order valence-corrected chi connectivity index (χ3v) is 3.25. The van der Waals surface area contributed by atoms with E-state index in [9.17, 15) is 9.90 Å². The fourth-order valence-corrected chi connectivity index (χ4v) is 2.16. The normalized spacial score (nSPS) is 9.95. The number of nitriles is 1. The van der Waals surface area contributed by atoms with Gasteiger partial charge in [0.25, 0.3) is 5.91 Å². The van der Waals surface area contributed by atoms with Crippen molar-refractivity contribution in [3.63, 3.8) is 0 Å². The van der Waals surface area contributed by atoms with Crippen molar-refractivity contribution >= 4 is 5.91 Å². The Labute approximate surface area is 122 Å². The van der Waals surface area contributed by atoms with Crippen molar-refractivity contribution in [2.75, 3.05) is 0 Å². The molecular formula is C16H15N3O2. The molecular weight excluding hydrogens is 266 g/mol. The van der Waals surface area contributed by atoms with Crippen molar-refractivity contribution in [3.8, 4) is 11.8 Å². The van der Waals surface area contributed by atoms with Gasteiger partial charge in [-0.2, -0.15) is 5.26 Å². The van der Waals surface area contributed by atoms with E-state index in [1.165, 1.54) is 12.3 Å². The predicted molar refractivity (Wildman–Crippen MR) is 77.7 cm³/mol. The Kier molecular flexibility index (Phi) is 4.19. The molecule has 5 nitrogen and oxygen atoms in total. The molecule has 2 N–H and O–H groups in total. The summed E-state index contributed by atoms with van der Waals surface area (Å²) in [5, 5.41) is 21.2. The SMILES string of the molecule is Cc1cc(C#N)cc(C)c1CNC(=O)c1ncccc1O. The smallest absolute Gasteiger partial charge is 0.273 e. The molecule has 0 fully saturated rings. The molecule has 0 aliphatic carbocycles. The van der Waals surface area contributed by atoms with E-state index < -0.39 is 5.91 Å². The Hall–Kier alpha value is -2.87. The summed E-state index contributed by atoms with van der Waals surface area (Å²) in [6.07, 6.45) is 1.45. The van der Waals surface area contributed by atoms with E-state index in [2.05, 4.69) is 16.4 Å². The monoisotopic (exact) mass is 281 g/mol. The van der Waals surface area contributed by atoms with Gasteiger partial charge in [0, 0.05) is 12.7 Å². The molecule has 0 saturated heterocycles. The molecule has 0 bridgehead atoms. The number of nitrogens with zero attached hydrogens (tertiary/aromatic N) is 2. The molecule has 21 heavy (non-hydrogen) atoms. The lowest BCUT2D eigenvalue weighted by Crippen LogP contribution is -2.24. The summed E-state index contributed by atoms with van der Waals surface area (Å²) in [5.74, 6) is -0.584. The first-order valence-electron chi connectivity index (χ1n) is 6.45. The molecule has 5 heteroatoms. The van der Waals surface area contributed by atoms with Crippen LogP contribution in [0.5, 0.6) is 5.75 Å². The number of hydrogen-bond donors (Lipinski definition) is 2. The minimum Gasteiger partial charge on any atom is -0.505 e. The summed E-state index contributed by atoms with van der Waals surface area (Å²) < 4.78 is 0. The molecule has 1 amide bonds. The maximum Gasteiger partial charge on any atom is 0.273 e. The van der Waals surface area contributed by atoms with Crippen molar-refractivity contribution in [2.45, 2.75) is 20.4 Å². The lowest BCUT2D eigenvalue weighted by atomic mass is 9.99. The number of aromatic nitrogens is 1.